The maximum Gasteiger partial charge on any atom is 0.230 e. The van der Waals surface area contributed by atoms with E-state index in [0.29, 0.717) is 0 Å². The van der Waals surface area contributed by atoms with Gasteiger partial charge in [0.15, 0.2) is 0 Å². The molecule has 1 saturated heterocycles. The molecule has 0 N–H and O–H groups in total. The van der Waals surface area contributed by atoms with Crippen molar-refractivity contribution in [3.8, 4) is 5.75 Å². The molecule has 1 unspecified atom stereocenters. The summed E-state index contributed by atoms with van der Waals surface area (Å²) in [5.41, 5.74) is 3.69. The molecular weight excluding hydrogens is 200 g/mol. The predicted molar refractivity (Wildman–Crippen MR) is 63.5 cm³/mol. The Morgan fingerprint density at radius 2 is 2.12 bits per heavy atom. The molecule has 3 rings (SSSR count). The lowest BCUT2D eigenvalue weighted by molar-refractivity contribution is -0.111. The quantitative estimate of drug-likeness (QED) is 0.663. The van der Waals surface area contributed by atoms with Crippen molar-refractivity contribution < 1.29 is 9.47 Å². The van der Waals surface area contributed by atoms with Crippen LogP contribution in [0.15, 0.2) is 18.2 Å². The van der Waals surface area contributed by atoms with Gasteiger partial charge in [0.1, 0.15) is 5.75 Å². The van der Waals surface area contributed by atoms with Crippen LogP contribution in [0.2, 0.25) is 0 Å². The minimum absolute atomic E-state index is 0.479. The number of fused-ring (bicyclic) bond motifs is 1. The van der Waals surface area contributed by atoms with Crippen molar-refractivity contribution in [2.24, 2.45) is 0 Å². The third-order valence-electron chi connectivity index (χ3n) is 3.30. The summed E-state index contributed by atoms with van der Waals surface area (Å²) in [5, 5.41) is 0. The van der Waals surface area contributed by atoms with Gasteiger partial charge in [-0.1, -0.05) is 6.07 Å². The Morgan fingerprint density at radius 1 is 1.25 bits per heavy atom. The molecule has 84 valence electrons. The average Bonchev–Trinajstić information content (AvgIpc) is 2.65. The summed E-state index contributed by atoms with van der Waals surface area (Å²) >= 11 is 0. The first-order chi connectivity index (χ1) is 7.69. The van der Waals surface area contributed by atoms with E-state index in [2.05, 4.69) is 38.1 Å². The van der Waals surface area contributed by atoms with E-state index >= 15 is 0 Å². The second-order valence-corrected chi connectivity index (χ2v) is 4.69. The molecule has 16 heavy (non-hydrogen) atoms. The predicted octanol–water partition coefficient (Wildman–Crippen LogP) is 3.22. The molecule has 0 radical (unpaired) electrons. The van der Waals surface area contributed by atoms with Crippen LogP contribution in [0.4, 0.5) is 0 Å². The highest BCUT2D eigenvalue weighted by molar-refractivity contribution is 5.64. The Morgan fingerprint density at radius 3 is 2.88 bits per heavy atom. The summed E-state index contributed by atoms with van der Waals surface area (Å²) < 4.78 is 11.7. The maximum atomic E-state index is 6.03. The van der Waals surface area contributed by atoms with Crippen molar-refractivity contribution in [3.05, 3.63) is 34.9 Å². The average molecular weight is 216 g/mol. The van der Waals surface area contributed by atoms with Crippen molar-refractivity contribution in [1.29, 1.82) is 0 Å². The van der Waals surface area contributed by atoms with Gasteiger partial charge < -0.3 is 9.47 Å². The van der Waals surface area contributed by atoms with Gasteiger partial charge in [0, 0.05) is 12.0 Å². The molecule has 2 aliphatic rings. The van der Waals surface area contributed by atoms with Crippen molar-refractivity contribution in [2.45, 2.75) is 32.5 Å². The van der Waals surface area contributed by atoms with E-state index in [1.807, 2.05) is 0 Å². The smallest absolute Gasteiger partial charge is 0.230 e. The Hall–Kier alpha value is -1.28. The Balaban J connectivity index is 2.06. The van der Waals surface area contributed by atoms with Crippen LogP contribution >= 0.6 is 0 Å². The molecule has 0 saturated carbocycles. The molecule has 1 atom stereocenters. The Kier molecular flexibility index (Phi) is 2.08. The number of ether oxygens (including phenoxy) is 2. The van der Waals surface area contributed by atoms with Gasteiger partial charge in [0.25, 0.3) is 0 Å². The van der Waals surface area contributed by atoms with E-state index in [9.17, 15) is 0 Å². The first-order valence-electron chi connectivity index (χ1n) is 5.82. The number of aryl methyl sites for hydroxylation is 2. The van der Waals surface area contributed by atoms with Gasteiger partial charge in [0.2, 0.25) is 5.79 Å². The number of hydrogen-bond acceptors (Lipinski definition) is 2. The third kappa shape index (κ3) is 1.45. The van der Waals surface area contributed by atoms with Gasteiger partial charge in [-0.2, -0.15) is 0 Å². The molecule has 0 amide bonds. The fraction of sp³-hybridized carbons (Fsp3) is 0.429. The molecule has 1 aromatic carbocycles. The standard InChI is InChI=1S/C14H16O2/c1-10-8-11(2)12-4-6-14(5-3-7-15-14)16-13(12)9-10/h4,6,8-9H,3,5,7H2,1-2H3. The van der Waals surface area contributed by atoms with Crippen LogP contribution in [-0.4, -0.2) is 12.4 Å². The molecule has 2 nitrogen and oxygen atoms in total. The minimum Gasteiger partial charge on any atom is -0.458 e. The fourth-order valence-electron chi connectivity index (χ4n) is 2.52. The molecule has 0 bridgehead atoms. The summed E-state index contributed by atoms with van der Waals surface area (Å²) in [6.45, 7) is 5.01. The third-order valence-corrected chi connectivity index (χ3v) is 3.30. The van der Waals surface area contributed by atoms with Crippen molar-refractivity contribution >= 4 is 6.08 Å². The van der Waals surface area contributed by atoms with Gasteiger partial charge >= 0.3 is 0 Å². The lowest BCUT2D eigenvalue weighted by atomic mass is 9.99. The van der Waals surface area contributed by atoms with E-state index in [-0.39, 0.29) is 0 Å². The van der Waals surface area contributed by atoms with Crippen molar-refractivity contribution in [1.82, 2.24) is 0 Å². The van der Waals surface area contributed by atoms with Crippen LogP contribution in [-0.2, 0) is 4.74 Å². The number of benzene rings is 1. The number of hydrogen-bond donors (Lipinski definition) is 0. The molecule has 2 heterocycles. The summed E-state index contributed by atoms with van der Waals surface area (Å²) in [5.74, 6) is 0.481. The van der Waals surface area contributed by atoms with Crippen molar-refractivity contribution in [2.75, 3.05) is 6.61 Å². The van der Waals surface area contributed by atoms with E-state index < -0.39 is 5.79 Å². The second kappa shape index (κ2) is 3.36. The molecule has 0 aliphatic carbocycles. The summed E-state index contributed by atoms with van der Waals surface area (Å²) in [4.78, 5) is 0. The van der Waals surface area contributed by atoms with Gasteiger partial charge in [-0.05, 0) is 49.6 Å². The van der Waals surface area contributed by atoms with Crippen LogP contribution in [0, 0.1) is 13.8 Å². The normalized spacial score (nSPS) is 26.9. The molecule has 0 aromatic heterocycles. The van der Waals surface area contributed by atoms with Gasteiger partial charge in [-0.25, -0.2) is 0 Å². The van der Waals surface area contributed by atoms with Gasteiger partial charge in [0.05, 0.1) is 6.61 Å². The molecule has 2 aliphatic heterocycles. The molecule has 1 spiro atoms. The lowest BCUT2D eigenvalue weighted by Gasteiger charge is -2.31. The highest BCUT2D eigenvalue weighted by Gasteiger charge is 2.37. The van der Waals surface area contributed by atoms with Crippen LogP contribution in [0.3, 0.4) is 0 Å². The van der Waals surface area contributed by atoms with Crippen LogP contribution in [0.25, 0.3) is 6.08 Å². The number of rotatable bonds is 0. The van der Waals surface area contributed by atoms with Gasteiger partial charge in [-0.3, -0.25) is 0 Å². The zero-order valence-electron chi connectivity index (χ0n) is 9.75. The van der Waals surface area contributed by atoms with Gasteiger partial charge in [-0.15, -0.1) is 0 Å². The summed E-state index contributed by atoms with van der Waals surface area (Å²) in [7, 11) is 0. The lowest BCUT2D eigenvalue weighted by Crippen LogP contribution is -2.34. The van der Waals surface area contributed by atoms with E-state index in [4.69, 9.17) is 9.47 Å². The zero-order chi connectivity index (χ0) is 11.2. The highest BCUT2D eigenvalue weighted by atomic mass is 16.7. The SMILES string of the molecule is Cc1cc(C)c2c(c1)OC1(C=C2)CCCO1. The molecule has 2 heteroatoms. The fourth-order valence-corrected chi connectivity index (χ4v) is 2.52. The van der Waals surface area contributed by atoms with Crippen LogP contribution < -0.4 is 4.74 Å². The topological polar surface area (TPSA) is 18.5 Å². The molecular formula is C14H16O2. The van der Waals surface area contributed by atoms with E-state index in [1.54, 1.807) is 0 Å². The highest BCUT2D eigenvalue weighted by Crippen LogP contribution is 2.39. The molecule has 1 fully saturated rings. The largest absolute Gasteiger partial charge is 0.458 e. The van der Waals surface area contributed by atoms with E-state index in [1.165, 1.54) is 16.7 Å². The summed E-state index contributed by atoms with van der Waals surface area (Å²) in [6.07, 6.45) is 6.23. The maximum absolute atomic E-state index is 6.03. The van der Waals surface area contributed by atoms with Crippen molar-refractivity contribution in [3.63, 3.8) is 0 Å². The Bertz CT molecular complexity index is 454. The minimum atomic E-state index is -0.479. The second-order valence-electron chi connectivity index (χ2n) is 4.69. The Labute approximate surface area is 95.9 Å². The molecule has 1 aromatic rings. The first-order valence-corrected chi connectivity index (χ1v) is 5.82. The first kappa shape index (κ1) is 9.91. The monoisotopic (exact) mass is 216 g/mol. The zero-order valence-corrected chi connectivity index (χ0v) is 9.75. The van der Waals surface area contributed by atoms with E-state index in [0.717, 1.165) is 25.2 Å². The summed E-state index contributed by atoms with van der Waals surface area (Å²) in [6, 6.07) is 4.27. The van der Waals surface area contributed by atoms with Crippen LogP contribution in [0.1, 0.15) is 29.5 Å². The van der Waals surface area contributed by atoms with Crippen LogP contribution in [0.5, 0.6) is 5.75 Å².